The van der Waals surface area contributed by atoms with Crippen LogP contribution in [0.3, 0.4) is 0 Å². The quantitative estimate of drug-likeness (QED) is 0.721. The SMILES string of the molecule is CC.Cc1cc(C)c2[nH]c(=O)oc2c1C. The summed E-state index contributed by atoms with van der Waals surface area (Å²) in [5.74, 6) is -0.383. The third kappa shape index (κ3) is 1.96. The van der Waals surface area contributed by atoms with E-state index in [1.54, 1.807) is 0 Å². The molecule has 0 saturated heterocycles. The van der Waals surface area contributed by atoms with E-state index in [0.717, 1.165) is 22.2 Å². The smallest absolute Gasteiger partial charge is 0.408 e. The normalized spacial score (nSPS) is 9.93. The summed E-state index contributed by atoms with van der Waals surface area (Å²) in [6, 6.07) is 2.04. The van der Waals surface area contributed by atoms with Crippen LogP contribution in [-0.4, -0.2) is 4.98 Å². The third-order valence-electron chi connectivity index (χ3n) is 2.41. The van der Waals surface area contributed by atoms with Gasteiger partial charge in [0.1, 0.15) is 0 Å². The lowest BCUT2D eigenvalue weighted by Gasteiger charge is -2.01. The van der Waals surface area contributed by atoms with Crippen molar-refractivity contribution >= 4 is 11.1 Å². The molecule has 0 amide bonds. The number of benzene rings is 1. The van der Waals surface area contributed by atoms with Gasteiger partial charge in [0.25, 0.3) is 0 Å². The van der Waals surface area contributed by atoms with Gasteiger partial charge in [0.2, 0.25) is 0 Å². The van der Waals surface area contributed by atoms with Crippen molar-refractivity contribution in [1.29, 1.82) is 0 Å². The van der Waals surface area contributed by atoms with E-state index >= 15 is 0 Å². The highest BCUT2D eigenvalue weighted by Gasteiger charge is 2.08. The van der Waals surface area contributed by atoms with Crippen molar-refractivity contribution in [2.75, 3.05) is 0 Å². The molecule has 3 heteroatoms. The molecule has 0 aliphatic heterocycles. The molecular formula is C12H17NO2. The van der Waals surface area contributed by atoms with Gasteiger partial charge in [-0.25, -0.2) is 4.79 Å². The van der Waals surface area contributed by atoms with E-state index in [1.165, 1.54) is 0 Å². The summed E-state index contributed by atoms with van der Waals surface area (Å²) in [4.78, 5) is 13.7. The Morgan fingerprint density at radius 1 is 1.13 bits per heavy atom. The summed E-state index contributed by atoms with van der Waals surface area (Å²) in [6.07, 6.45) is 0. The molecular weight excluding hydrogens is 190 g/mol. The van der Waals surface area contributed by atoms with Gasteiger partial charge >= 0.3 is 5.76 Å². The molecule has 2 rings (SSSR count). The van der Waals surface area contributed by atoms with Crippen LogP contribution in [0.5, 0.6) is 0 Å². The van der Waals surface area contributed by atoms with Crippen LogP contribution in [0.1, 0.15) is 30.5 Å². The van der Waals surface area contributed by atoms with Gasteiger partial charge < -0.3 is 4.42 Å². The number of rotatable bonds is 0. The number of hydrogen-bond donors (Lipinski definition) is 1. The van der Waals surface area contributed by atoms with Crippen molar-refractivity contribution in [3.8, 4) is 0 Å². The standard InChI is InChI=1S/C10H11NO2.C2H6/c1-5-4-6(2)8-9(7(5)3)13-10(12)11-8;1-2/h4H,1-3H3,(H,11,12);1-2H3. The topological polar surface area (TPSA) is 46.0 Å². The van der Waals surface area contributed by atoms with Crippen LogP contribution in [0.4, 0.5) is 0 Å². The average molecular weight is 207 g/mol. The molecule has 0 atom stereocenters. The fourth-order valence-electron chi connectivity index (χ4n) is 1.55. The monoisotopic (exact) mass is 207 g/mol. The number of oxazole rings is 1. The second-order valence-electron chi connectivity index (χ2n) is 3.35. The van der Waals surface area contributed by atoms with Crippen molar-refractivity contribution in [2.45, 2.75) is 34.6 Å². The van der Waals surface area contributed by atoms with Crippen LogP contribution in [0.15, 0.2) is 15.3 Å². The summed E-state index contributed by atoms with van der Waals surface area (Å²) in [5, 5.41) is 0. The zero-order chi connectivity index (χ0) is 11.6. The van der Waals surface area contributed by atoms with E-state index in [4.69, 9.17) is 4.42 Å². The Balaban J connectivity index is 0.000000531. The summed E-state index contributed by atoms with van der Waals surface area (Å²) in [5.41, 5.74) is 4.71. The molecule has 0 bridgehead atoms. The Morgan fingerprint density at radius 3 is 2.33 bits per heavy atom. The first-order valence-corrected chi connectivity index (χ1v) is 5.19. The molecule has 0 aliphatic rings. The van der Waals surface area contributed by atoms with Gasteiger partial charge in [-0.3, -0.25) is 4.98 Å². The van der Waals surface area contributed by atoms with E-state index < -0.39 is 0 Å². The van der Waals surface area contributed by atoms with Crippen molar-refractivity contribution in [1.82, 2.24) is 4.98 Å². The molecule has 15 heavy (non-hydrogen) atoms. The number of hydrogen-bond acceptors (Lipinski definition) is 2. The Kier molecular flexibility index (Phi) is 3.35. The molecule has 1 aromatic heterocycles. The van der Waals surface area contributed by atoms with Crippen LogP contribution >= 0.6 is 0 Å². The predicted octanol–water partition coefficient (Wildman–Crippen LogP) is 3.07. The highest BCUT2D eigenvalue weighted by Crippen LogP contribution is 2.22. The van der Waals surface area contributed by atoms with Crippen LogP contribution in [0, 0.1) is 20.8 Å². The number of nitrogens with one attached hydrogen (secondary N) is 1. The van der Waals surface area contributed by atoms with E-state index in [-0.39, 0.29) is 5.76 Å². The molecule has 0 saturated carbocycles. The second kappa shape index (κ2) is 4.34. The molecule has 0 radical (unpaired) electrons. The molecule has 82 valence electrons. The van der Waals surface area contributed by atoms with E-state index in [0.29, 0.717) is 5.58 Å². The summed E-state index contributed by atoms with van der Waals surface area (Å²) in [7, 11) is 0. The van der Waals surface area contributed by atoms with E-state index in [9.17, 15) is 4.79 Å². The largest absolute Gasteiger partial charge is 0.417 e. The van der Waals surface area contributed by atoms with Gasteiger partial charge in [0.05, 0.1) is 5.52 Å². The fourth-order valence-corrected chi connectivity index (χ4v) is 1.55. The first kappa shape index (κ1) is 11.6. The fraction of sp³-hybridized carbons (Fsp3) is 0.417. The Bertz CT molecular complexity index is 520. The zero-order valence-corrected chi connectivity index (χ0v) is 9.89. The van der Waals surface area contributed by atoms with Gasteiger partial charge in [-0.2, -0.15) is 0 Å². The van der Waals surface area contributed by atoms with E-state index in [1.807, 2.05) is 40.7 Å². The lowest BCUT2D eigenvalue weighted by atomic mass is 10.1. The molecule has 1 N–H and O–H groups in total. The lowest BCUT2D eigenvalue weighted by molar-refractivity contribution is 0.553. The molecule has 0 fully saturated rings. The van der Waals surface area contributed by atoms with Crippen molar-refractivity contribution < 1.29 is 4.42 Å². The highest BCUT2D eigenvalue weighted by atomic mass is 16.4. The Morgan fingerprint density at radius 2 is 1.73 bits per heavy atom. The maximum Gasteiger partial charge on any atom is 0.417 e. The van der Waals surface area contributed by atoms with Crippen LogP contribution < -0.4 is 5.76 Å². The summed E-state index contributed by atoms with van der Waals surface area (Å²) >= 11 is 0. The van der Waals surface area contributed by atoms with Gasteiger partial charge in [-0.1, -0.05) is 19.9 Å². The van der Waals surface area contributed by atoms with Crippen LogP contribution in [0.25, 0.3) is 11.1 Å². The first-order valence-electron chi connectivity index (χ1n) is 5.19. The Labute approximate surface area is 89.1 Å². The van der Waals surface area contributed by atoms with E-state index in [2.05, 4.69) is 4.98 Å². The number of aromatic amines is 1. The van der Waals surface area contributed by atoms with Crippen LogP contribution in [-0.2, 0) is 0 Å². The molecule has 0 aliphatic carbocycles. The van der Waals surface area contributed by atoms with Gasteiger partial charge in [0, 0.05) is 0 Å². The average Bonchev–Trinajstić information content (AvgIpc) is 2.61. The minimum atomic E-state index is -0.383. The van der Waals surface area contributed by atoms with Crippen molar-refractivity contribution in [2.24, 2.45) is 0 Å². The van der Waals surface area contributed by atoms with Crippen LogP contribution in [0.2, 0.25) is 0 Å². The number of fused-ring (bicyclic) bond motifs is 1. The predicted molar refractivity (Wildman–Crippen MR) is 62.4 cm³/mol. The molecule has 3 nitrogen and oxygen atoms in total. The minimum absolute atomic E-state index is 0.383. The lowest BCUT2D eigenvalue weighted by Crippen LogP contribution is -1.93. The second-order valence-corrected chi connectivity index (χ2v) is 3.35. The highest BCUT2D eigenvalue weighted by molar-refractivity contribution is 5.80. The van der Waals surface area contributed by atoms with Gasteiger partial charge in [-0.05, 0) is 37.5 Å². The maximum atomic E-state index is 11.0. The minimum Gasteiger partial charge on any atom is -0.408 e. The maximum absolute atomic E-state index is 11.0. The number of aryl methyl sites for hydroxylation is 3. The summed E-state index contributed by atoms with van der Waals surface area (Å²) in [6.45, 7) is 9.92. The molecule has 1 aromatic carbocycles. The zero-order valence-electron chi connectivity index (χ0n) is 9.89. The van der Waals surface area contributed by atoms with Gasteiger partial charge in [0.15, 0.2) is 5.58 Å². The Hall–Kier alpha value is -1.51. The number of H-pyrrole nitrogens is 1. The first-order chi connectivity index (χ1) is 7.09. The molecule has 2 aromatic rings. The van der Waals surface area contributed by atoms with Crippen molar-refractivity contribution in [3.05, 3.63) is 33.3 Å². The molecule has 0 spiro atoms. The third-order valence-corrected chi connectivity index (χ3v) is 2.41. The summed E-state index contributed by atoms with van der Waals surface area (Å²) < 4.78 is 5.05. The number of aromatic nitrogens is 1. The molecule has 0 unspecified atom stereocenters. The molecule has 1 heterocycles. The van der Waals surface area contributed by atoms with Gasteiger partial charge in [-0.15, -0.1) is 0 Å². The van der Waals surface area contributed by atoms with Crippen molar-refractivity contribution in [3.63, 3.8) is 0 Å².